The molecule has 3 aromatic heterocycles. The fourth-order valence-electron chi connectivity index (χ4n) is 3.30. The Balaban J connectivity index is 1.47. The van der Waals surface area contributed by atoms with Gasteiger partial charge in [0, 0.05) is 25.4 Å². The van der Waals surface area contributed by atoms with Gasteiger partial charge in [-0.2, -0.15) is 19.9 Å². The largest absolute Gasteiger partial charge is 0.368 e. The maximum atomic E-state index is 12.7. The quantitative estimate of drug-likeness (QED) is 0.436. The van der Waals surface area contributed by atoms with Crippen molar-refractivity contribution in [3.63, 3.8) is 0 Å². The van der Waals surface area contributed by atoms with Gasteiger partial charge >= 0.3 is 0 Å². The van der Waals surface area contributed by atoms with E-state index in [4.69, 9.17) is 10.3 Å². The minimum Gasteiger partial charge on any atom is -0.368 e. The highest BCUT2D eigenvalue weighted by atomic mass is 16.5. The van der Waals surface area contributed by atoms with E-state index in [2.05, 4.69) is 30.1 Å². The molecule has 0 aliphatic heterocycles. The summed E-state index contributed by atoms with van der Waals surface area (Å²) in [6.45, 7) is 0. The first kappa shape index (κ1) is 19.7. The number of hydrogen-bond acceptors (Lipinski definition) is 10. The number of carbonyl (C=O) groups excluding carboxylic acids is 1. The van der Waals surface area contributed by atoms with Crippen molar-refractivity contribution in [2.24, 2.45) is 5.92 Å². The van der Waals surface area contributed by atoms with Crippen LogP contribution in [0.5, 0.6) is 0 Å². The number of carbonyl (C=O) groups is 1. The van der Waals surface area contributed by atoms with E-state index in [-0.39, 0.29) is 29.3 Å². The molecule has 3 heterocycles. The van der Waals surface area contributed by atoms with E-state index in [1.165, 1.54) is 0 Å². The monoisotopic (exact) mass is 428 g/mol. The number of nitrogens with two attached hydrogens (primary N) is 1. The van der Waals surface area contributed by atoms with Crippen molar-refractivity contribution < 1.29 is 9.32 Å². The first-order chi connectivity index (χ1) is 15.6. The molecule has 0 radical (unpaired) electrons. The average molecular weight is 428 g/mol. The Bertz CT molecular complexity index is 1270. The lowest BCUT2D eigenvalue weighted by Gasteiger charge is -2.17. The second-order valence-electron chi connectivity index (χ2n) is 7.61. The summed E-state index contributed by atoms with van der Waals surface area (Å²) in [4.78, 5) is 35.9. The summed E-state index contributed by atoms with van der Waals surface area (Å²) >= 11 is 0. The second kappa shape index (κ2) is 8.14. The van der Waals surface area contributed by atoms with Crippen molar-refractivity contribution >= 4 is 23.4 Å². The van der Waals surface area contributed by atoms with E-state index < -0.39 is 0 Å². The van der Waals surface area contributed by atoms with Crippen molar-refractivity contribution in [1.29, 1.82) is 0 Å². The molecule has 0 spiro atoms. The number of benzene rings is 1. The van der Waals surface area contributed by atoms with Crippen LogP contribution in [-0.4, -0.2) is 42.9 Å². The second-order valence-corrected chi connectivity index (χ2v) is 7.61. The van der Waals surface area contributed by atoms with Crippen LogP contribution in [0.2, 0.25) is 0 Å². The summed E-state index contributed by atoms with van der Waals surface area (Å²) < 4.78 is 5.43. The zero-order valence-corrected chi connectivity index (χ0v) is 17.3. The normalized spacial score (nSPS) is 13.2. The minimum absolute atomic E-state index is 0.0285. The number of anilines is 3. The Labute approximate surface area is 183 Å². The third kappa shape index (κ3) is 4.02. The van der Waals surface area contributed by atoms with Gasteiger partial charge in [0.1, 0.15) is 5.69 Å². The van der Waals surface area contributed by atoms with Crippen LogP contribution in [-0.2, 0) is 0 Å². The summed E-state index contributed by atoms with van der Waals surface area (Å²) in [7, 11) is 1.82. The van der Waals surface area contributed by atoms with Gasteiger partial charge in [0.2, 0.25) is 23.5 Å². The van der Waals surface area contributed by atoms with Crippen LogP contribution in [0.3, 0.4) is 0 Å². The number of nitrogen functional groups attached to an aromatic ring is 1. The topological polar surface area (TPSA) is 137 Å². The zero-order valence-electron chi connectivity index (χ0n) is 17.3. The first-order valence-corrected chi connectivity index (χ1v) is 10.2. The van der Waals surface area contributed by atoms with E-state index in [0.717, 1.165) is 18.5 Å². The number of ketones is 1. The van der Waals surface area contributed by atoms with Crippen LogP contribution < -0.4 is 10.6 Å². The molecule has 160 valence electrons. The number of para-hydroxylation sites is 1. The van der Waals surface area contributed by atoms with Crippen LogP contribution in [0, 0.1) is 5.92 Å². The standard InChI is InChI=1S/C22H20N8O2/c1-30(14-6-3-2-4-7-14)22-27-18(26-21(23)28-22)19-25-20(32-29-19)15-8-5-11-24-17(15)16(31)12-13-9-10-13/h2-8,11,13H,9-10,12H2,1H3,(H2,23,26,27,28). The lowest BCUT2D eigenvalue weighted by atomic mass is 10.1. The van der Waals surface area contributed by atoms with Crippen LogP contribution >= 0.6 is 0 Å². The van der Waals surface area contributed by atoms with Gasteiger partial charge in [-0.1, -0.05) is 23.4 Å². The Morgan fingerprint density at radius 2 is 1.88 bits per heavy atom. The Kier molecular flexibility index (Phi) is 5.02. The van der Waals surface area contributed by atoms with Gasteiger partial charge in [-0.05, 0) is 43.0 Å². The minimum atomic E-state index is -0.0287. The van der Waals surface area contributed by atoms with Gasteiger partial charge in [-0.3, -0.25) is 9.78 Å². The van der Waals surface area contributed by atoms with Crippen molar-refractivity contribution in [2.75, 3.05) is 17.7 Å². The van der Waals surface area contributed by atoms with Gasteiger partial charge in [0.05, 0.1) is 5.56 Å². The average Bonchev–Trinajstić information content (AvgIpc) is 3.50. The van der Waals surface area contributed by atoms with Gasteiger partial charge in [0.25, 0.3) is 5.89 Å². The van der Waals surface area contributed by atoms with Gasteiger partial charge < -0.3 is 15.2 Å². The third-order valence-corrected chi connectivity index (χ3v) is 5.18. The van der Waals surface area contributed by atoms with E-state index in [1.54, 1.807) is 23.2 Å². The van der Waals surface area contributed by atoms with Gasteiger partial charge in [0.15, 0.2) is 5.78 Å². The number of rotatable bonds is 7. The van der Waals surface area contributed by atoms with E-state index >= 15 is 0 Å². The molecule has 5 rings (SSSR count). The van der Waals surface area contributed by atoms with E-state index in [1.807, 2.05) is 37.4 Å². The fraction of sp³-hybridized carbons (Fsp3) is 0.227. The summed E-state index contributed by atoms with van der Waals surface area (Å²) in [5.41, 5.74) is 7.61. The molecule has 32 heavy (non-hydrogen) atoms. The van der Waals surface area contributed by atoms with Crippen molar-refractivity contribution in [2.45, 2.75) is 19.3 Å². The number of aromatic nitrogens is 6. The lowest BCUT2D eigenvalue weighted by Crippen LogP contribution is -2.15. The molecular formula is C22H20N8O2. The zero-order chi connectivity index (χ0) is 22.1. The maximum Gasteiger partial charge on any atom is 0.260 e. The Morgan fingerprint density at radius 1 is 1.06 bits per heavy atom. The molecule has 10 heteroatoms. The molecule has 0 unspecified atom stereocenters. The molecular weight excluding hydrogens is 408 g/mol. The van der Waals surface area contributed by atoms with Gasteiger partial charge in [-0.15, -0.1) is 0 Å². The van der Waals surface area contributed by atoms with Crippen molar-refractivity contribution in [1.82, 2.24) is 30.1 Å². The van der Waals surface area contributed by atoms with Crippen LogP contribution in [0.1, 0.15) is 29.8 Å². The highest BCUT2D eigenvalue weighted by Crippen LogP contribution is 2.34. The number of pyridine rings is 1. The predicted molar refractivity (Wildman–Crippen MR) is 117 cm³/mol. The lowest BCUT2D eigenvalue weighted by molar-refractivity contribution is 0.0971. The molecule has 0 atom stereocenters. The number of nitrogens with zero attached hydrogens (tertiary/aromatic N) is 7. The van der Waals surface area contributed by atoms with Crippen molar-refractivity contribution in [3.8, 4) is 23.1 Å². The van der Waals surface area contributed by atoms with E-state index in [0.29, 0.717) is 29.5 Å². The molecule has 1 aromatic carbocycles. The SMILES string of the molecule is CN(c1ccccc1)c1nc(N)nc(-c2noc(-c3cccnc3C(=O)CC3CC3)n2)n1. The molecule has 0 bridgehead atoms. The molecule has 1 fully saturated rings. The van der Waals surface area contributed by atoms with Crippen molar-refractivity contribution in [3.05, 3.63) is 54.4 Å². The summed E-state index contributed by atoms with van der Waals surface area (Å²) in [5, 5.41) is 4.00. The molecule has 1 aliphatic carbocycles. The maximum absolute atomic E-state index is 12.7. The van der Waals surface area contributed by atoms with Crippen LogP contribution in [0.15, 0.2) is 53.2 Å². The number of Topliss-reactive ketones (excluding diaryl/α,β-unsaturated/α-hetero) is 1. The molecule has 0 saturated heterocycles. The summed E-state index contributed by atoms with van der Waals surface area (Å²) in [6.07, 6.45) is 4.22. The van der Waals surface area contributed by atoms with Gasteiger partial charge in [-0.25, -0.2) is 0 Å². The molecule has 10 nitrogen and oxygen atoms in total. The fourth-order valence-corrected chi connectivity index (χ4v) is 3.30. The molecule has 0 amide bonds. The highest BCUT2D eigenvalue weighted by Gasteiger charge is 2.28. The smallest absolute Gasteiger partial charge is 0.260 e. The highest BCUT2D eigenvalue weighted by molar-refractivity contribution is 5.99. The third-order valence-electron chi connectivity index (χ3n) is 5.18. The Hall–Kier alpha value is -4.21. The number of hydrogen-bond donors (Lipinski definition) is 1. The molecule has 4 aromatic rings. The molecule has 2 N–H and O–H groups in total. The van der Waals surface area contributed by atoms with Crippen LogP contribution in [0.4, 0.5) is 17.6 Å². The molecule has 1 saturated carbocycles. The predicted octanol–water partition coefficient (Wildman–Crippen LogP) is 3.32. The summed E-state index contributed by atoms with van der Waals surface area (Å²) in [6, 6.07) is 13.1. The Morgan fingerprint density at radius 3 is 2.66 bits per heavy atom. The van der Waals surface area contributed by atoms with Crippen LogP contribution in [0.25, 0.3) is 23.1 Å². The molecule has 1 aliphatic rings. The summed E-state index contributed by atoms with van der Waals surface area (Å²) in [5.74, 6) is 1.26. The van der Waals surface area contributed by atoms with E-state index in [9.17, 15) is 4.79 Å². The first-order valence-electron chi connectivity index (χ1n) is 10.2.